The molecule has 0 atom stereocenters. The molecule has 100 valence electrons. The van der Waals surface area contributed by atoms with Gasteiger partial charge in [0.1, 0.15) is 17.9 Å². The molecule has 2 aromatic carbocycles. The first kappa shape index (κ1) is 12.4. The van der Waals surface area contributed by atoms with Gasteiger partial charge in [0, 0.05) is 17.1 Å². The molecule has 1 heterocycles. The SMILES string of the molecule is COc1cccc(Nc2ncnc3ccc(C)cc23)c1. The largest absolute Gasteiger partial charge is 0.497 e. The van der Waals surface area contributed by atoms with E-state index in [0.717, 1.165) is 28.2 Å². The fourth-order valence-electron chi connectivity index (χ4n) is 2.11. The molecular weight excluding hydrogens is 250 g/mol. The fraction of sp³-hybridized carbons (Fsp3) is 0.125. The third-order valence-corrected chi connectivity index (χ3v) is 3.12. The molecule has 0 spiro atoms. The lowest BCUT2D eigenvalue weighted by molar-refractivity contribution is 0.415. The lowest BCUT2D eigenvalue weighted by Crippen LogP contribution is -1.96. The highest BCUT2D eigenvalue weighted by atomic mass is 16.5. The zero-order valence-corrected chi connectivity index (χ0v) is 11.4. The summed E-state index contributed by atoms with van der Waals surface area (Å²) in [4.78, 5) is 8.62. The summed E-state index contributed by atoms with van der Waals surface area (Å²) in [6.07, 6.45) is 1.57. The van der Waals surface area contributed by atoms with E-state index in [4.69, 9.17) is 4.74 Å². The van der Waals surface area contributed by atoms with Crippen molar-refractivity contribution in [3.05, 3.63) is 54.4 Å². The van der Waals surface area contributed by atoms with Crippen molar-refractivity contribution in [1.29, 1.82) is 0 Å². The summed E-state index contributed by atoms with van der Waals surface area (Å²) in [7, 11) is 1.66. The molecule has 0 fully saturated rings. The van der Waals surface area contributed by atoms with Crippen molar-refractivity contribution in [2.24, 2.45) is 0 Å². The van der Waals surface area contributed by atoms with E-state index in [2.05, 4.69) is 28.3 Å². The molecule has 0 unspecified atom stereocenters. The highest BCUT2D eigenvalue weighted by Gasteiger charge is 2.04. The van der Waals surface area contributed by atoms with Gasteiger partial charge in [-0.2, -0.15) is 0 Å². The molecule has 3 rings (SSSR count). The van der Waals surface area contributed by atoms with Gasteiger partial charge in [0.2, 0.25) is 0 Å². The molecule has 0 bridgehead atoms. The van der Waals surface area contributed by atoms with Crippen molar-refractivity contribution in [3.63, 3.8) is 0 Å². The molecule has 0 radical (unpaired) electrons. The van der Waals surface area contributed by atoms with Crippen molar-refractivity contribution in [3.8, 4) is 5.75 Å². The Morgan fingerprint density at radius 3 is 2.80 bits per heavy atom. The Hall–Kier alpha value is -2.62. The van der Waals surface area contributed by atoms with E-state index in [9.17, 15) is 0 Å². The number of nitrogens with one attached hydrogen (secondary N) is 1. The van der Waals surface area contributed by atoms with Crippen molar-refractivity contribution < 1.29 is 4.74 Å². The molecule has 1 aromatic heterocycles. The third-order valence-electron chi connectivity index (χ3n) is 3.12. The Morgan fingerprint density at radius 2 is 1.95 bits per heavy atom. The van der Waals surface area contributed by atoms with Crippen LogP contribution >= 0.6 is 0 Å². The van der Waals surface area contributed by atoms with E-state index >= 15 is 0 Å². The van der Waals surface area contributed by atoms with E-state index in [0.29, 0.717) is 0 Å². The van der Waals surface area contributed by atoms with Gasteiger partial charge in [-0.05, 0) is 31.2 Å². The van der Waals surface area contributed by atoms with Crippen molar-refractivity contribution >= 4 is 22.4 Å². The second-order valence-corrected chi connectivity index (χ2v) is 4.60. The maximum atomic E-state index is 5.23. The van der Waals surface area contributed by atoms with Gasteiger partial charge < -0.3 is 10.1 Å². The predicted molar refractivity (Wildman–Crippen MR) is 80.6 cm³/mol. The normalized spacial score (nSPS) is 10.5. The maximum Gasteiger partial charge on any atom is 0.141 e. The van der Waals surface area contributed by atoms with Crippen molar-refractivity contribution in [2.75, 3.05) is 12.4 Å². The average Bonchev–Trinajstić information content (AvgIpc) is 2.48. The Labute approximate surface area is 117 Å². The monoisotopic (exact) mass is 265 g/mol. The minimum Gasteiger partial charge on any atom is -0.497 e. The van der Waals surface area contributed by atoms with Gasteiger partial charge >= 0.3 is 0 Å². The highest BCUT2D eigenvalue weighted by molar-refractivity contribution is 5.91. The quantitative estimate of drug-likeness (QED) is 0.784. The lowest BCUT2D eigenvalue weighted by atomic mass is 10.1. The Bertz CT molecular complexity index is 756. The van der Waals surface area contributed by atoms with Gasteiger partial charge in [0.25, 0.3) is 0 Å². The van der Waals surface area contributed by atoms with E-state index in [1.54, 1.807) is 13.4 Å². The minimum atomic E-state index is 0.798. The van der Waals surface area contributed by atoms with Crippen LogP contribution in [-0.4, -0.2) is 17.1 Å². The number of aromatic nitrogens is 2. The number of hydrogen-bond acceptors (Lipinski definition) is 4. The van der Waals surface area contributed by atoms with Crippen LogP contribution in [0.1, 0.15) is 5.56 Å². The number of methoxy groups -OCH3 is 1. The number of nitrogens with zero attached hydrogens (tertiary/aromatic N) is 2. The molecule has 4 heteroatoms. The van der Waals surface area contributed by atoms with E-state index in [1.165, 1.54) is 5.56 Å². The summed E-state index contributed by atoms with van der Waals surface area (Å²) in [5.74, 6) is 1.61. The second kappa shape index (κ2) is 5.17. The summed E-state index contributed by atoms with van der Waals surface area (Å²) in [5, 5.41) is 4.33. The smallest absolute Gasteiger partial charge is 0.141 e. The summed E-state index contributed by atoms with van der Waals surface area (Å²) in [6.45, 7) is 2.06. The number of benzene rings is 2. The van der Waals surface area contributed by atoms with Crippen molar-refractivity contribution in [2.45, 2.75) is 6.92 Å². The Kier molecular flexibility index (Phi) is 3.21. The van der Waals surface area contributed by atoms with Gasteiger partial charge in [0.05, 0.1) is 12.6 Å². The number of hydrogen-bond donors (Lipinski definition) is 1. The molecule has 0 saturated heterocycles. The third kappa shape index (κ3) is 2.40. The van der Waals surface area contributed by atoms with E-state index in [-0.39, 0.29) is 0 Å². The topological polar surface area (TPSA) is 47.0 Å². The molecule has 0 saturated carbocycles. The number of ether oxygens (including phenoxy) is 1. The van der Waals surface area contributed by atoms with Gasteiger partial charge in [-0.15, -0.1) is 0 Å². The molecule has 0 aliphatic heterocycles. The van der Waals surface area contributed by atoms with Crippen LogP contribution in [0.3, 0.4) is 0 Å². The molecular formula is C16H15N3O. The minimum absolute atomic E-state index is 0.798. The number of rotatable bonds is 3. The maximum absolute atomic E-state index is 5.23. The molecule has 1 N–H and O–H groups in total. The van der Waals surface area contributed by atoms with Crippen LogP contribution < -0.4 is 10.1 Å². The van der Waals surface area contributed by atoms with Crippen LogP contribution in [0.2, 0.25) is 0 Å². The number of anilines is 2. The zero-order valence-electron chi connectivity index (χ0n) is 11.4. The van der Waals surface area contributed by atoms with Gasteiger partial charge in [-0.25, -0.2) is 9.97 Å². The first-order valence-corrected chi connectivity index (χ1v) is 6.39. The van der Waals surface area contributed by atoms with Crippen LogP contribution in [0.15, 0.2) is 48.8 Å². The van der Waals surface area contributed by atoms with E-state index < -0.39 is 0 Å². The number of aryl methyl sites for hydroxylation is 1. The highest BCUT2D eigenvalue weighted by Crippen LogP contribution is 2.25. The predicted octanol–water partition coefficient (Wildman–Crippen LogP) is 3.69. The Morgan fingerprint density at radius 1 is 1.05 bits per heavy atom. The van der Waals surface area contributed by atoms with Crippen LogP contribution in [0, 0.1) is 6.92 Å². The zero-order chi connectivity index (χ0) is 13.9. The van der Waals surface area contributed by atoms with Crippen LogP contribution in [-0.2, 0) is 0 Å². The van der Waals surface area contributed by atoms with Crippen LogP contribution in [0.4, 0.5) is 11.5 Å². The van der Waals surface area contributed by atoms with Crippen LogP contribution in [0.5, 0.6) is 5.75 Å². The van der Waals surface area contributed by atoms with E-state index in [1.807, 2.05) is 36.4 Å². The molecule has 0 amide bonds. The van der Waals surface area contributed by atoms with Crippen LogP contribution in [0.25, 0.3) is 10.9 Å². The summed E-state index contributed by atoms with van der Waals surface area (Å²) in [6, 6.07) is 13.9. The Balaban J connectivity index is 2.03. The molecule has 0 aliphatic rings. The first-order chi connectivity index (χ1) is 9.76. The summed E-state index contributed by atoms with van der Waals surface area (Å²) < 4.78 is 5.23. The molecule has 20 heavy (non-hydrogen) atoms. The van der Waals surface area contributed by atoms with Gasteiger partial charge in [0.15, 0.2) is 0 Å². The fourth-order valence-corrected chi connectivity index (χ4v) is 2.11. The van der Waals surface area contributed by atoms with Gasteiger partial charge in [-0.1, -0.05) is 17.7 Å². The summed E-state index contributed by atoms with van der Waals surface area (Å²) in [5.41, 5.74) is 3.04. The molecule has 3 aromatic rings. The standard InChI is InChI=1S/C16H15N3O/c1-11-6-7-15-14(8-11)16(18-10-17-15)19-12-4-3-5-13(9-12)20-2/h3-10H,1-2H3,(H,17,18,19). The molecule has 0 aliphatic carbocycles. The average molecular weight is 265 g/mol. The second-order valence-electron chi connectivity index (χ2n) is 4.60. The first-order valence-electron chi connectivity index (χ1n) is 6.39. The lowest BCUT2D eigenvalue weighted by Gasteiger charge is -2.09. The summed E-state index contributed by atoms with van der Waals surface area (Å²) >= 11 is 0. The van der Waals surface area contributed by atoms with Gasteiger partial charge in [-0.3, -0.25) is 0 Å². The van der Waals surface area contributed by atoms with Crippen molar-refractivity contribution in [1.82, 2.24) is 9.97 Å². The number of fused-ring (bicyclic) bond motifs is 1. The molecule has 4 nitrogen and oxygen atoms in total.